The van der Waals surface area contributed by atoms with Crippen LogP contribution in [0.15, 0.2) is 22.7 Å². The number of carbonyl (C=O) groups excluding carboxylic acids is 1. The number of rotatable bonds is 3. The smallest absolute Gasteiger partial charge is 0.224 e. The Morgan fingerprint density at radius 2 is 2.41 bits per heavy atom. The second-order valence-electron chi connectivity index (χ2n) is 4.01. The number of benzene rings is 1. The fourth-order valence-corrected chi connectivity index (χ4v) is 3.38. The summed E-state index contributed by atoms with van der Waals surface area (Å²) < 4.78 is 14.2. The van der Waals surface area contributed by atoms with Crippen LogP contribution in [0.25, 0.3) is 0 Å². The summed E-state index contributed by atoms with van der Waals surface area (Å²) in [5.41, 5.74) is 0.512. The van der Waals surface area contributed by atoms with Crippen LogP contribution in [0, 0.1) is 11.7 Å². The van der Waals surface area contributed by atoms with Gasteiger partial charge < -0.3 is 5.32 Å². The SMILES string of the molecule is O=C(NCc1cc(Br)ccc1F)C1CCSC1. The number of hydrogen-bond acceptors (Lipinski definition) is 2. The van der Waals surface area contributed by atoms with E-state index in [2.05, 4.69) is 21.2 Å². The molecule has 1 unspecified atom stereocenters. The van der Waals surface area contributed by atoms with E-state index >= 15 is 0 Å². The van der Waals surface area contributed by atoms with Gasteiger partial charge in [-0.15, -0.1) is 0 Å². The topological polar surface area (TPSA) is 29.1 Å². The molecular formula is C12H13BrFNOS. The molecule has 1 N–H and O–H groups in total. The standard InChI is InChI=1S/C12H13BrFNOS/c13-10-1-2-11(14)9(5-10)6-15-12(16)8-3-4-17-7-8/h1-2,5,8H,3-4,6-7H2,(H,15,16). The Balaban J connectivity index is 1.92. The number of nitrogens with one attached hydrogen (secondary N) is 1. The molecule has 1 aliphatic rings. The van der Waals surface area contributed by atoms with Crippen LogP contribution in [0.2, 0.25) is 0 Å². The van der Waals surface area contributed by atoms with E-state index in [1.807, 2.05) is 0 Å². The minimum Gasteiger partial charge on any atom is -0.352 e. The third-order valence-electron chi connectivity index (χ3n) is 2.76. The number of amides is 1. The monoisotopic (exact) mass is 317 g/mol. The zero-order valence-corrected chi connectivity index (χ0v) is 11.6. The lowest BCUT2D eigenvalue weighted by Crippen LogP contribution is -2.30. The number of hydrogen-bond donors (Lipinski definition) is 1. The molecule has 0 aliphatic carbocycles. The molecule has 0 bridgehead atoms. The number of halogens is 2. The third-order valence-corrected chi connectivity index (χ3v) is 4.42. The van der Waals surface area contributed by atoms with Crippen LogP contribution in [0.3, 0.4) is 0 Å². The molecule has 2 nitrogen and oxygen atoms in total. The average molecular weight is 318 g/mol. The van der Waals surface area contributed by atoms with Gasteiger partial charge in [0.15, 0.2) is 0 Å². The second kappa shape index (κ2) is 5.87. The largest absolute Gasteiger partial charge is 0.352 e. The summed E-state index contributed by atoms with van der Waals surface area (Å²) in [5.74, 6) is 1.77. The summed E-state index contributed by atoms with van der Waals surface area (Å²) >= 11 is 5.08. The highest BCUT2D eigenvalue weighted by Crippen LogP contribution is 2.23. The first-order valence-corrected chi connectivity index (χ1v) is 7.41. The van der Waals surface area contributed by atoms with Crippen molar-refractivity contribution in [2.45, 2.75) is 13.0 Å². The Hall–Kier alpha value is -0.550. The van der Waals surface area contributed by atoms with Gasteiger partial charge in [0.05, 0.1) is 0 Å². The Kier molecular flexibility index (Phi) is 4.45. The molecule has 0 saturated carbocycles. The van der Waals surface area contributed by atoms with Gasteiger partial charge in [-0.25, -0.2) is 4.39 Å². The van der Waals surface area contributed by atoms with E-state index in [0.717, 1.165) is 22.4 Å². The maximum Gasteiger partial charge on any atom is 0.224 e. The zero-order valence-electron chi connectivity index (χ0n) is 9.21. The molecule has 92 valence electrons. The second-order valence-corrected chi connectivity index (χ2v) is 6.08. The molecule has 1 heterocycles. The highest BCUT2D eigenvalue weighted by atomic mass is 79.9. The van der Waals surface area contributed by atoms with E-state index in [9.17, 15) is 9.18 Å². The van der Waals surface area contributed by atoms with Crippen molar-refractivity contribution < 1.29 is 9.18 Å². The molecule has 5 heteroatoms. The van der Waals surface area contributed by atoms with E-state index in [4.69, 9.17) is 0 Å². The summed E-state index contributed by atoms with van der Waals surface area (Å²) in [6.07, 6.45) is 0.928. The molecule has 2 rings (SSSR count). The molecule has 1 aromatic rings. The molecule has 1 amide bonds. The predicted molar refractivity (Wildman–Crippen MR) is 71.4 cm³/mol. The Labute approximate surface area is 112 Å². The number of thioether (sulfide) groups is 1. The van der Waals surface area contributed by atoms with Gasteiger partial charge >= 0.3 is 0 Å². The lowest BCUT2D eigenvalue weighted by molar-refractivity contribution is -0.124. The van der Waals surface area contributed by atoms with Gasteiger partial charge in [0.25, 0.3) is 0 Å². The third kappa shape index (κ3) is 3.45. The van der Waals surface area contributed by atoms with Crippen LogP contribution < -0.4 is 5.32 Å². The first kappa shape index (κ1) is 12.9. The minimum absolute atomic E-state index is 0.0365. The quantitative estimate of drug-likeness (QED) is 0.928. The van der Waals surface area contributed by atoms with Crippen molar-refractivity contribution in [3.63, 3.8) is 0 Å². The van der Waals surface area contributed by atoms with Crippen LogP contribution >= 0.6 is 27.7 Å². The van der Waals surface area contributed by atoms with Gasteiger partial charge in [0, 0.05) is 28.3 Å². The molecule has 0 spiro atoms. The fraction of sp³-hybridized carbons (Fsp3) is 0.417. The molecule has 0 aromatic heterocycles. The lowest BCUT2D eigenvalue weighted by Gasteiger charge is -2.10. The van der Waals surface area contributed by atoms with E-state index in [0.29, 0.717) is 5.56 Å². The highest BCUT2D eigenvalue weighted by molar-refractivity contribution is 9.10. The summed E-state index contributed by atoms with van der Waals surface area (Å²) in [7, 11) is 0. The van der Waals surface area contributed by atoms with Crippen LogP contribution in [0.1, 0.15) is 12.0 Å². The predicted octanol–water partition coefficient (Wildman–Crippen LogP) is 2.96. The summed E-state index contributed by atoms with van der Waals surface area (Å²) in [6, 6.07) is 4.74. The zero-order chi connectivity index (χ0) is 12.3. The molecule has 1 fully saturated rings. The van der Waals surface area contributed by atoms with Gasteiger partial charge in [-0.2, -0.15) is 11.8 Å². The molecule has 1 saturated heterocycles. The molecule has 0 radical (unpaired) electrons. The van der Waals surface area contributed by atoms with Crippen molar-refractivity contribution >= 4 is 33.6 Å². The summed E-state index contributed by atoms with van der Waals surface area (Å²) in [5, 5.41) is 2.80. The average Bonchev–Trinajstić information content (AvgIpc) is 2.83. The summed E-state index contributed by atoms with van der Waals surface area (Å²) in [6.45, 7) is 0.255. The highest BCUT2D eigenvalue weighted by Gasteiger charge is 2.22. The van der Waals surface area contributed by atoms with Crippen LogP contribution in [0.4, 0.5) is 4.39 Å². The van der Waals surface area contributed by atoms with Crippen LogP contribution in [0.5, 0.6) is 0 Å². The van der Waals surface area contributed by atoms with Crippen LogP contribution in [-0.2, 0) is 11.3 Å². The first-order chi connectivity index (χ1) is 8.16. The van der Waals surface area contributed by atoms with Crippen molar-refractivity contribution in [3.05, 3.63) is 34.1 Å². The van der Waals surface area contributed by atoms with Gasteiger partial charge in [0.1, 0.15) is 5.82 Å². The Morgan fingerprint density at radius 3 is 3.12 bits per heavy atom. The van der Waals surface area contributed by atoms with Gasteiger partial charge in [-0.3, -0.25) is 4.79 Å². The van der Waals surface area contributed by atoms with Gasteiger partial charge in [-0.1, -0.05) is 15.9 Å². The van der Waals surface area contributed by atoms with Crippen LogP contribution in [-0.4, -0.2) is 17.4 Å². The van der Waals surface area contributed by atoms with E-state index in [-0.39, 0.29) is 24.2 Å². The molecule has 1 atom stereocenters. The summed E-state index contributed by atoms with van der Waals surface area (Å²) in [4.78, 5) is 11.8. The van der Waals surface area contributed by atoms with E-state index in [1.165, 1.54) is 6.07 Å². The molecule has 17 heavy (non-hydrogen) atoms. The van der Waals surface area contributed by atoms with Crippen molar-refractivity contribution in [1.29, 1.82) is 0 Å². The van der Waals surface area contributed by atoms with E-state index < -0.39 is 0 Å². The molecule has 1 aromatic carbocycles. The van der Waals surface area contributed by atoms with Crippen molar-refractivity contribution in [2.75, 3.05) is 11.5 Å². The fourth-order valence-electron chi connectivity index (χ4n) is 1.75. The number of carbonyl (C=O) groups is 1. The normalized spacial score (nSPS) is 19.3. The van der Waals surface area contributed by atoms with Crippen molar-refractivity contribution in [2.24, 2.45) is 5.92 Å². The minimum atomic E-state index is -0.283. The van der Waals surface area contributed by atoms with E-state index in [1.54, 1.807) is 23.9 Å². The molecule has 1 aliphatic heterocycles. The van der Waals surface area contributed by atoms with Crippen molar-refractivity contribution in [3.8, 4) is 0 Å². The Bertz CT molecular complexity index is 421. The Morgan fingerprint density at radius 1 is 1.59 bits per heavy atom. The molecular weight excluding hydrogens is 305 g/mol. The van der Waals surface area contributed by atoms with Gasteiger partial charge in [0.2, 0.25) is 5.91 Å². The maximum absolute atomic E-state index is 13.4. The van der Waals surface area contributed by atoms with Crippen molar-refractivity contribution in [1.82, 2.24) is 5.32 Å². The lowest BCUT2D eigenvalue weighted by atomic mass is 10.1. The first-order valence-electron chi connectivity index (χ1n) is 5.46. The van der Waals surface area contributed by atoms with Gasteiger partial charge in [-0.05, 0) is 30.4 Å². The maximum atomic E-state index is 13.4.